The molecule has 1 aromatic carbocycles. The van der Waals surface area contributed by atoms with E-state index in [0.717, 1.165) is 24.6 Å². The Morgan fingerprint density at radius 2 is 1.89 bits per heavy atom. The Balaban J connectivity index is 2.70. The van der Waals surface area contributed by atoms with E-state index >= 15 is 0 Å². The van der Waals surface area contributed by atoms with E-state index in [1.54, 1.807) is 6.08 Å². The van der Waals surface area contributed by atoms with Crippen molar-refractivity contribution in [1.29, 1.82) is 0 Å². The molecule has 0 spiro atoms. The maximum atomic E-state index is 10.4. The monoisotopic (exact) mass is 261 g/mol. The number of aliphatic carboxylic acids is 1. The van der Waals surface area contributed by atoms with E-state index in [1.165, 1.54) is 5.56 Å². The number of carboxylic acid groups (broad SMARTS) is 1. The summed E-state index contributed by atoms with van der Waals surface area (Å²) in [5, 5.41) is 8.57. The Kier molecular flexibility index (Phi) is 5.31. The van der Waals surface area contributed by atoms with Crippen molar-refractivity contribution < 1.29 is 9.90 Å². The van der Waals surface area contributed by atoms with Crippen LogP contribution in [0.4, 0.5) is 0 Å². The van der Waals surface area contributed by atoms with E-state index in [4.69, 9.17) is 5.11 Å². The molecule has 104 valence electrons. The third-order valence-corrected chi connectivity index (χ3v) is 3.72. The lowest BCUT2D eigenvalue weighted by Crippen LogP contribution is -2.39. The fourth-order valence-corrected chi connectivity index (χ4v) is 1.66. The van der Waals surface area contributed by atoms with Crippen LogP contribution in [0.25, 0.3) is 6.08 Å². The molecular weight excluding hydrogens is 238 g/mol. The molecule has 0 radical (unpaired) electrons. The molecule has 0 atom stereocenters. The van der Waals surface area contributed by atoms with Crippen molar-refractivity contribution in [3.63, 3.8) is 0 Å². The Labute approximate surface area is 115 Å². The quantitative estimate of drug-likeness (QED) is 0.798. The van der Waals surface area contributed by atoms with E-state index in [0.29, 0.717) is 0 Å². The van der Waals surface area contributed by atoms with Gasteiger partial charge in [0.2, 0.25) is 0 Å². The van der Waals surface area contributed by atoms with Gasteiger partial charge in [0, 0.05) is 18.2 Å². The summed E-state index contributed by atoms with van der Waals surface area (Å²) in [4.78, 5) is 12.8. The fourth-order valence-electron chi connectivity index (χ4n) is 1.66. The summed E-state index contributed by atoms with van der Waals surface area (Å²) in [5.41, 5.74) is 2.32. The highest BCUT2D eigenvalue weighted by molar-refractivity contribution is 5.85. The third-order valence-electron chi connectivity index (χ3n) is 3.72. The molecule has 19 heavy (non-hydrogen) atoms. The Morgan fingerprint density at radius 3 is 2.37 bits per heavy atom. The normalized spacial score (nSPS) is 12.3. The number of hydrogen-bond acceptors (Lipinski definition) is 2. The lowest BCUT2D eigenvalue weighted by Gasteiger charge is -2.34. The molecule has 0 aliphatic carbocycles. The number of rotatable bonds is 6. The highest BCUT2D eigenvalue weighted by Crippen LogP contribution is 2.19. The van der Waals surface area contributed by atoms with Crippen LogP contribution >= 0.6 is 0 Å². The Morgan fingerprint density at radius 1 is 1.32 bits per heavy atom. The van der Waals surface area contributed by atoms with Gasteiger partial charge in [-0.1, -0.05) is 31.2 Å². The second kappa shape index (κ2) is 6.53. The smallest absolute Gasteiger partial charge is 0.328 e. The Bertz CT molecular complexity index is 446. The number of carbonyl (C=O) groups is 1. The highest BCUT2D eigenvalue weighted by atomic mass is 16.4. The molecule has 1 N–H and O–H groups in total. The van der Waals surface area contributed by atoms with Crippen LogP contribution in [-0.2, 0) is 11.3 Å². The first-order valence-electron chi connectivity index (χ1n) is 6.56. The maximum Gasteiger partial charge on any atom is 0.328 e. The van der Waals surface area contributed by atoms with Gasteiger partial charge in [-0.3, -0.25) is 4.90 Å². The van der Waals surface area contributed by atoms with Crippen LogP contribution in [0.3, 0.4) is 0 Å². The predicted molar refractivity (Wildman–Crippen MR) is 78.9 cm³/mol. The molecule has 0 aromatic heterocycles. The molecule has 0 aliphatic heterocycles. The molecule has 0 heterocycles. The van der Waals surface area contributed by atoms with Gasteiger partial charge in [0.15, 0.2) is 0 Å². The minimum Gasteiger partial charge on any atom is -0.478 e. The molecule has 0 unspecified atom stereocenters. The average molecular weight is 261 g/mol. The lowest BCUT2D eigenvalue weighted by molar-refractivity contribution is -0.131. The molecule has 0 amide bonds. The van der Waals surface area contributed by atoms with E-state index in [1.807, 2.05) is 24.3 Å². The summed E-state index contributed by atoms with van der Waals surface area (Å²) < 4.78 is 0. The number of carboxylic acids is 1. The molecule has 3 nitrogen and oxygen atoms in total. The minimum atomic E-state index is -0.923. The molecule has 3 heteroatoms. The first kappa shape index (κ1) is 15.4. The second-order valence-corrected chi connectivity index (χ2v) is 5.44. The third kappa shape index (κ3) is 4.87. The lowest BCUT2D eigenvalue weighted by atomic mass is 9.99. The van der Waals surface area contributed by atoms with Crippen molar-refractivity contribution in [2.75, 3.05) is 7.05 Å². The number of benzene rings is 1. The summed E-state index contributed by atoms with van der Waals surface area (Å²) in [7, 11) is 2.13. The summed E-state index contributed by atoms with van der Waals surface area (Å²) in [6, 6.07) is 7.98. The molecule has 0 saturated carbocycles. The zero-order chi connectivity index (χ0) is 14.5. The van der Waals surface area contributed by atoms with Crippen molar-refractivity contribution in [2.24, 2.45) is 0 Å². The predicted octanol–water partition coefficient (Wildman–Crippen LogP) is 3.40. The van der Waals surface area contributed by atoms with Crippen LogP contribution in [0, 0.1) is 0 Å². The summed E-state index contributed by atoms with van der Waals surface area (Å²) in [5.74, 6) is -0.923. The maximum absolute atomic E-state index is 10.4. The van der Waals surface area contributed by atoms with E-state index < -0.39 is 5.97 Å². The molecule has 1 aromatic rings. The average Bonchev–Trinajstić information content (AvgIpc) is 2.37. The van der Waals surface area contributed by atoms with Gasteiger partial charge in [-0.2, -0.15) is 0 Å². The van der Waals surface area contributed by atoms with Crippen LogP contribution in [0.1, 0.15) is 38.3 Å². The van der Waals surface area contributed by atoms with Crippen molar-refractivity contribution in [2.45, 2.75) is 39.3 Å². The SMILES string of the molecule is CCC(C)(C)N(C)Cc1ccc(C=CC(=O)O)cc1. The van der Waals surface area contributed by atoms with E-state index in [9.17, 15) is 4.79 Å². The standard InChI is InChI=1S/C16H23NO2/c1-5-16(2,3)17(4)12-14-8-6-13(7-9-14)10-11-15(18)19/h6-11H,5,12H2,1-4H3,(H,18,19). The Hall–Kier alpha value is -1.61. The topological polar surface area (TPSA) is 40.5 Å². The first-order valence-corrected chi connectivity index (χ1v) is 6.56. The molecular formula is C16H23NO2. The van der Waals surface area contributed by atoms with Crippen molar-refractivity contribution in [1.82, 2.24) is 4.90 Å². The van der Waals surface area contributed by atoms with Gasteiger partial charge in [-0.25, -0.2) is 4.79 Å². The number of nitrogens with zero attached hydrogens (tertiary/aromatic N) is 1. The summed E-state index contributed by atoms with van der Waals surface area (Å²) in [6.45, 7) is 7.55. The largest absolute Gasteiger partial charge is 0.478 e. The molecule has 0 saturated heterocycles. The van der Waals surface area contributed by atoms with Crippen LogP contribution in [0.5, 0.6) is 0 Å². The van der Waals surface area contributed by atoms with Crippen LogP contribution in [-0.4, -0.2) is 28.6 Å². The van der Waals surface area contributed by atoms with Gasteiger partial charge >= 0.3 is 5.97 Å². The number of hydrogen-bond donors (Lipinski definition) is 1. The highest BCUT2D eigenvalue weighted by Gasteiger charge is 2.20. The van der Waals surface area contributed by atoms with Crippen molar-refractivity contribution in [3.8, 4) is 0 Å². The van der Waals surface area contributed by atoms with Gasteiger partial charge in [0.25, 0.3) is 0 Å². The molecule has 1 rings (SSSR count). The first-order chi connectivity index (χ1) is 8.85. The van der Waals surface area contributed by atoms with Gasteiger partial charge in [0.1, 0.15) is 0 Å². The zero-order valence-electron chi connectivity index (χ0n) is 12.2. The second-order valence-electron chi connectivity index (χ2n) is 5.44. The fraction of sp³-hybridized carbons (Fsp3) is 0.438. The summed E-state index contributed by atoms with van der Waals surface area (Å²) in [6.07, 6.45) is 3.86. The van der Waals surface area contributed by atoms with Crippen LogP contribution < -0.4 is 0 Å². The van der Waals surface area contributed by atoms with Gasteiger partial charge in [-0.15, -0.1) is 0 Å². The molecule has 0 bridgehead atoms. The zero-order valence-corrected chi connectivity index (χ0v) is 12.2. The van der Waals surface area contributed by atoms with Gasteiger partial charge in [-0.05, 0) is 44.5 Å². The van der Waals surface area contributed by atoms with E-state index in [-0.39, 0.29) is 5.54 Å². The van der Waals surface area contributed by atoms with Crippen molar-refractivity contribution >= 4 is 12.0 Å². The molecule has 0 aliphatic rings. The van der Waals surface area contributed by atoms with Crippen LogP contribution in [0.15, 0.2) is 30.3 Å². The van der Waals surface area contributed by atoms with Gasteiger partial charge in [0.05, 0.1) is 0 Å². The molecule has 0 fully saturated rings. The van der Waals surface area contributed by atoms with Crippen LogP contribution in [0.2, 0.25) is 0 Å². The summed E-state index contributed by atoms with van der Waals surface area (Å²) >= 11 is 0. The van der Waals surface area contributed by atoms with Gasteiger partial charge < -0.3 is 5.11 Å². The van der Waals surface area contributed by atoms with E-state index in [2.05, 4.69) is 32.7 Å². The van der Waals surface area contributed by atoms with Crippen molar-refractivity contribution in [3.05, 3.63) is 41.5 Å². The minimum absolute atomic E-state index is 0.182.